The van der Waals surface area contributed by atoms with Gasteiger partial charge in [-0.1, -0.05) is 104 Å². The Kier molecular flexibility index (Phi) is 31.6. The topological polar surface area (TPSA) is 270 Å². The van der Waals surface area contributed by atoms with Crippen LogP contribution in [-0.4, -0.2) is 263 Å². The highest BCUT2D eigenvalue weighted by molar-refractivity contribution is 6.20. The van der Waals surface area contributed by atoms with E-state index in [-0.39, 0.29) is 82.1 Å². The van der Waals surface area contributed by atoms with E-state index in [4.69, 9.17) is 11.6 Å². The lowest BCUT2D eigenvalue weighted by atomic mass is 9.78. The van der Waals surface area contributed by atoms with Crippen molar-refractivity contribution in [2.24, 2.45) is 35.5 Å². The molecule has 0 aromatic carbocycles. The third-order valence-electron chi connectivity index (χ3n) is 22.6. The average molecular weight is 1450 g/mol. The summed E-state index contributed by atoms with van der Waals surface area (Å²) in [5.41, 5.74) is -1.59. The Morgan fingerprint density at radius 3 is 1.78 bits per heavy atom. The molecule has 12 amide bonds. The quantitative estimate of drug-likeness (QED) is 0.132. The van der Waals surface area contributed by atoms with E-state index < -0.39 is 175 Å². The van der Waals surface area contributed by atoms with Gasteiger partial charge in [0.05, 0.1) is 38.5 Å². The average Bonchev–Trinajstić information content (AvgIpc) is 1.65. The Morgan fingerprint density at radius 2 is 1.20 bits per heavy atom. The van der Waals surface area contributed by atoms with E-state index in [2.05, 4.69) is 22.5 Å². The summed E-state index contributed by atoms with van der Waals surface area (Å²) in [6.07, 6.45) is 8.37. The second-order valence-corrected chi connectivity index (χ2v) is 31.2. The van der Waals surface area contributed by atoms with E-state index >= 15 is 24.0 Å². The summed E-state index contributed by atoms with van der Waals surface area (Å²) < 4.78 is 42.0. The van der Waals surface area contributed by atoms with Gasteiger partial charge in [0, 0.05) is 74.3 Å². The number of rotatable bonds is 13. The minimum absolute atomic E-state index is 0.0207. The number of alkyl halides is 4. The molecule has 0 bridgehead atoms. The number of carbonyl (C=O) groups is 12. The van der Waals surface area contributed by atoms with Crippen LogP contribution >= 0.6 is 11.6 Å². The van der Waals surface area contributed by atoms with Gasteiger partial charge in [0.15, 0.2) is 0 Å². The predicted molar refractivity (Wildman–Crippen MR) is 377 cm³/mol. The van der Waals surface area contributed by atoms with Crippen LogP contribution in [0.1, 0.15) is 195 Å². The Labute approximate surface area is 602 Å². The van der Waals surface area contributed by atoms with Crippen molar-refractivity contribution in [3.8, 4) is 0 Å². The van der Waals surface area contributed by atoms with Gasteiger partial charge in [-0.15, -0.1) is 18.2 Å². The predicted octanol–water partition coefficient (Wildman–Crippen LogP) is 6.51. The van der Waals surface area contributed by atoms with Gasteiger partial charge >= 0.3 is 6.18 Å². The lowest BCUT2D eigenvalue weighted by Crippen LogP contribution is -2.64. The monoisotopic (exact) mass is 1450 g/mol. The molecule has 0 aromatic rings. The zero-order valence-electron chi connectivity index (χ0n) is 62.1. The largest absolute Gasteiger partial charge is 0.393 e. The van der Waals surface area contributed by atoms with E-state index in [0.29, 0.717) is 58.0 Å². The maximum Gasteiger partial charge on any atom is 0.393 e. The maximum atomic E-state index is 15.8. The Hall–Kier alpha value is -6.54. The van der Waals surface area contributed by atoms with Crippen molar-refractivity contribution >= 4 is 82.5 Å². The van der Waals surface area contributed by atoms with Crippen LogP contribution in [0.25, 0.3) is 0 Å². The molecule has 3 unspecified atom stereocenters. The number of hydrogen-bond acceptors (Lipinski definition) is 12. The molecule has 2 heterocycles. The molecule has 2 saturated heterocycles. The van der Waals surface area contributed by atoms with Crippen molar-refractivity contribution in [1.29, 1.82) is 0 Å². The number of nitrogens with zero attached hydrogens (tertiary/aromatic N) is 9. The fourth-order valence-corrected chi connectivity index (χ4v) is 16.6. The Balaban J connectivity index is 1.43. The van der Waals surface area contributed by atoms with Gasteiger partial charge in [-0.05, 0) is 119 Å². The first kappa shape index (κ1) is 83.4. The molecule has 570 valence electrons. The smallest absolute Gasteiger partial charge is 0.343 e. The lowest BCUT2D eigenvalue weighted by molar-refractivity contribution is -0.182. The summed E-state index contributed by atoms with van der Waals surface area (Å²) >= 11 is 6.39. The lowest BCUT2D eigenvalue weighted by Gasteiger charge is -2.43. The molecule has 0 aromatic heterocycles. The number of nitrogens with one attached hydrogen (secondary N) is 3. The first-order valence-corrected chi connectivity index (χ1v) is 37.7. The molecule has 4 saturated carbocycles. The number of piperidine rings is 1. The van der Waals surface area contributed by atoms with Gasteiger partial charge in [0.2, 0.25) is 70.9 Å². The third-order valence-corrected chi connectivity index (χ3v) is 23.1. The Bertz CT molecular complexity index is 2900. The number of likely N-dealkylation sites (N-methyl/N-ethyl adjacent to an activating group) is 7. The van der Waals surface area contributed by atoms with Crippen molar-refractivity contribution in [2.45, 2.75) is 248 Å². The molecule has 6 rings (SSSR count). The second kappa shape index (κ2) is 38.3. The first-order chi connectivity index (χ1) is 47.6. The highest BCUT2D eigenvalue weighted by Crippen LogP contribution is 2.44. The summed E-state index contributed by atoms with van der Waals surface area (Å²) in [6.45, 7) is 9.39. The molecule has 2 aliphatic heterocycles. The Morgan fingerprint density at radius 1 is 0.614 bits per heavy atom. The van der Waals surface area contributed by atoms with Gasteiger partial charge in [0.25, 0.3) is 0 Å². The van der Waals surface area contributed by atoms with Gasteiger partial charge in [-0.25, -0.2) is 0 Å². The summed E-state index contributed by atoms with van der Waals surface area (Å²) in [4.78, 5) is 190. The van der Waals surface area contributed by atoms with Crippen molar-refractivity contribution in [2.75, 3.05) is 95.1 Å². The zero-order chi connectivity index (χ0) is 74.8. The van der Waals surface area contributed by atoms with Crippen molar-refractivity contribution < 1.29 is 70.7 Å². The fraction of sp³-hybridized carbons (Fsp3) is 0.808. The normalized spacial score (nSPS) is 28.6. The molecule has 0 radical (unpaired) electrons. The molecule has 1 spiro atoms. The summed E-state index contributed by atoms with van der Waals surface area (Å²) in [6, 6.07) is -7.50. The van der Waals surface area contributed by atoms with E-state index in [1.165, 1.54) is 75.0 Å². The molecule has 24 nitrogen and oxygen atoms in total. The maximum absolute atomic E-state index is 15.8. The standard InChI is InChI=1S/C73H118ClF3N12O12/c1-13-36-89-44-59(91)80-72(34-22-23-35-72)71(101)87(12)64(51-28-20-16-21-29-51)70(100)86(11)57(68(98)88-37-24-17-25-38-88)42-60(92)84(9)55(39-47(3)4)65(95)79-63(48(5)14-2)69(99)83(8)45-61(93)81(6)46-62(94)85(10)56(41-49-26-18-15-19-27-49)67(97)82(7)43-58(90)78-54(66(89)96)33-31-50-30-32-52(53(74)40-50)73(75,76)77/h13,47-57,63-64H,1,14-46H2,2-12H3,(H,78,90)(H,79,95)(H,80,91)/t48-,50?,52?,53?,54-,55-,56-,57-,63-,64-/m0/s1. The van der Waals surface area contributed by atoms with Crippen LogP contribution in [0.15, 0.2) is 12.7 Å². The van der Waals surface area contributed by atoms with E-state index in [1.807, 2.05) is 20.8 Å². The second-order valence-electron chi connectivity index (χ2n) is 30.6. The number of hydrogen-bond donors (Lipinski definition) is 3. The van der Waals surface area contributed by atoms with Crippen LogP contribution < -0.4 is 16.0 Å². The van der Waals surface area contributed by atoms with Crippen LogP contribution in [0.2, 0.25) is 0 Å². The van der Waals surface area contributed by atoms with Crippen molar-refractivity contribution in [3.63, 3.8) is 0 Å². The molecule has 6 aliphatic rings. The molecule has 3 N–H and O–H groups in total. The molecule has 101 heavy (non-hydrogen) atoms. The molecule has 28 heteroatoms. The molecule has 4 aliphatic carbocycles. The minimum Gasteiger partial charge on any atom is -0.343 e. The highest BCUT2D eigenvalue weighted by Gasteiger charge is 2.51. The van der Waals surface area contributed by atoms with Crippen LogP contribution in [0.3, 0.4) is 0 Å². The number of carbonyl (C=O) groups excluding carboxylic acids is 12. The molecule has 10 atom stereocenters. The van der Waals surface area contributed by atoms with E-state index in [9.17, 15) is 46.7 Å². The summed E-state index contributed by atoms with van der Waals surface area (Å²) in [5.74, 6) is -11.0. The fourth-order valence-electron chi connectivity index (χ4n) is 16.1. The minimum atomic E-state index is -4.52. The third kappa shape index (κ3) is 22.5. The highest BCUT2D eigenvalue weighted by atomic mass is 35.5. The van der Waals surface area contributed by atoms with Crippen LogP contribution in [0.5, 0.6) is 0 Å². The molecule has 6 fully saturated rings. The van der Waals surface area contributed by atoms with Gasteiger partial charge < -0.3 is 60.0 Å². The summed E-state index contributed by atoms with van der Waals surface area (Å²) in [7, 11) is 10.0. The van der Waals surface area contributed by atoms with Crippen LogP contribution in [-0.2, 0) is 57.5 Å². The SMILES string of the molecule is C=CCN1CC(=O)NC2(CCCC2)C(=O)N(C)[C@@H](C2CCCCC2)C(=O)N(C)[C@H](C(=O)N2CCCCC2)CC(=O)N(C)[C@@H](CC(C)C)C(=O)N[C@@H]([C@@H](C)CC)C(=O)N(C)CC(=O)N(C)CC(=O)N(C)[C@@H](CC2CCCCC2)C(=O)N(C)CC(=O)N[C@@H](CCC2CCC(C(F)(F)F)C(Cl)C2)C1=O. The number of likely N-dealkylation sites (tertiary alicyclic amines) is 1. The number of amides is 12. The van der Waals surface area contributed by atoms with Gasteiger partial charge in [-0.3, -0.25) is 57.5 Å². The summed E-state index contributed by atoms with van der Waals surface area (Å²) in [5, 5.41) is 7.45. The van der Waals surface area contributed by atoms with E-state index in [0.717, 1.165) is 77.4 Å². The molecular weight excluding hydrogens is 1330 g/mol. The van der Waals surface area contributed by atoms with Crippen LogP contribution in [0, 0.1) is 35.5 Å². The van der Waals surface area contributed by atoms with Crippen molar-refractivity contribution in [3.05, 3.63) is 12.7 Å². The van der Waals surface area contributed by atoms with E-state index in [1.54, 1.807) is 11.8 Å². The first-order valence-electron chi connectivity index (χ1n) is 37.2. The van der Waals surface area contributed by atoms with Crippen molar-refractivity contribution in [1.82, 2.24) is 60.0 Å². The van der Waals surface area contributed by atoms with Crippen LogP contribution in [0.4, 0.5) is 13.2 Å². The zero-order valence-corrected chi connectivity index (χ0v) is 62.8. The molecular formula is C73H118ClF3N12O12. The van der Waals surface area contributed by atoms with Gasteiger partial charge in [-0.2, -0.15) is 13.2 Å². The van der Waals surface area contributed by atoms with Gasteiger partial charge in [0.1, 0.15) is 41.8 Å². The number of halogens is 4.